The van der Waals surface area contributed by atoms with Crippen LogP contribution in [0.1, 0.15) is 47.6 Å². The van der Waals surface area contributed by atoms with E-state index in [1.807, 2.05) is 0 Å². The van der Waals surface area contributed by atoms with Gasteiger partial charge in [0.2, 0.25) is 0 Å². The van der Waals surface area contributed by atoms with E-state index in [-0.39, 0.29) is 18.7 Å². The number of fused-ring (bicyclic) bond motifs is 2. The lowest BCUT2D eigenvalue weighted by molar-refractivity contribution is -0.151. The molecule has 4 rings (SSSR count). The quantitative estimate of drug-likeness (QED) is 0.866. The van der Waals surface area contributed by atoms with E-state index in [0.717, 1.165) is 37.2 Å². The largest absolute Gasteiger partial charge is 0.457 e. The van der Waals surface area contributed by atoms with Crippen molar-refractivity contribution < 1.29 is 19.4 Å². The fraction of sp³-hybridized carbons (Fsp3) is 0.556. The van der Waals surface area contributed by atoms with E-state index in [1.165, 1.54) is 16.8 Å². The van der Waals surface area contributed by atoms with Gasteiger partial charge in [-0.15, -0.1) is 0 Å². The van der Waals surface area contributed by atoms with Crippen LogP contribution in [0.3, 0.4) is 0 Å². The summed E-state index contributed by atoms with van der Waals surface area (Å²) in [6.07, 6.45) is 2.46. The molecule has 0 amide bonds. The van der Waals surface area contributed by atoms with Crippen LogP contribution in [0.4, 0.5) is 0 Å². The second kappa shape index (κ2) is 6.06. The molecule has 0 aromatic heterocycles. The van der Waals surface area contributed by atoms with Gasteiger partial charge in [0.1, 0.15) is 6.10 Å². The lowest BCUT2D eigenvalue weighted by Crippen LogP contribution is -2.25. The highest BCUT2D eigenvalue weighted by molar-refractivity contribution is 6.05. The minimum absolute atomic E-state index is 0.00931. The molecule has 0 saturated carbocycles. The van der Waals surface area contributed by atoms with Crippen molar-refractivity contribution in [2.75, 3.05) is 19.8 Å². The van der Waals surface area contributed by atoms with Crippen LogP contribution in [-0.4, -0.2) is 36.6 Å². The maximum Gasteiger partial charge on any atom is 0.310 e. The molecule has 1 aromatic carbocycles. The van der Waals surface area contributed by atoms with Crippen molar-refractivity contribution in [2.45, 2.75) is 38.3 Å². The van der Waals surface area contributed by atoms with Crippen LogP contribution in [0, 0.1) is 5.92 Å². The number of carbonyl (C=O) groups excluding carboxylic acids is 1. The molecule has 0 aliphatic carbocycles. The van der Waals surface area contributed by atoms with Crippen molar-refractivity contribution in [3.63, 3.8) is 0 Å². The van der Waals surface area contributed by atoms with Crippen LogP contribution >= 0.6 is 0 Å². The Kier molecular flexibility index (Phi) is 3.91. The van der Waals surface area contributed by atoms with E-state index in [9.17, 15) is 9.90 Å². The Balaban J connectivity index is 1.70. The molecule has 0 radical (unpaired) electrons. The Bertz CT molecular complexity index is 661. The summed E-state index contributed by atoms with van der Waals surface area (Å²) in [5.41, 5.74) is 5.67. The first-order valence-corrected chi connectivity index (χ1v) is 8.34. The van der Waals surface area contributed by atoms with Crippen molar-refractivity contribution in [1.82, 2.24) is 0 Å². The maximum atomic E-state index is 11.8. The molecule has 3 aliphatic heterocycles. The number of nitrogens with zero attached hydrogens (tertiary/aromatic N) is 1. The number of benzene rings is 1. The molecule has 23 heavy (non-hydrogen) atoms. The van der Waals surface area contributed by atoms with Gasteiger partial charge in [-0.3, -0.25) is 9.79 Å². The van der Waals surface area contributed by atoms with Crippen LogP contribution in [0.2, 0.25) is 0 Å². The average molecular weight is 315 g/mol. The fourth-order valence-corrected chi connectivity index (χ4v) is 3.86. The van der Waals surface area contributed by atoms with Gasteiger partial charge in [-0.25, -0.2) is 0 Å². The van der Waals surface area contributed by atoms with Crippen LogP contribution in [-0.2, 0) is 27.2 Å². The Labute approximate surface area is 135 Å². The summed E-state index contributed by atoms with van der Waals surface area (Å²) < 4.78 is 10.9. The first kappa shape index (κ1) is 14.8. The van der Waals surface area contributed by atoms with E-state index in [0.29, 0.717) is 25.3 Å². The summed E-state index contributed by atoms with van der Waals surface area (Å²) in [5, 5.41) is 9.25. The van der Waals surface area contributed by atoms with E-state index in [1.54, 1.807) is 0 Å². The summed E-state index contributed by atoms with van der Waals surface area (Å²) in [6, 6.07) is 4.27. The van der Waals surface area contributed by atoms with Gasteiger partial charge in [0.25, 0.3) is 0 Å². The highest BCUT2D eigenvalue weighted by Gasteiger charge is 2.31. The number of hydrogen-bond donors (Lipinski definition) is 1. The monoisotopic (exact) mass is 315 g/mol. The molecule has 0 spiro atoms. The first-order valence-electron chi connectivity index (χ1n) is 8.34. The second-order valence-corrected chi connectivity index (χ2v) is 6.46. The predicted octanol–water partition coefficient (Wildman–Crippen LogP) is 1.94. The Hall–Kier alpha value is -1.72. The van der Waals surface area contributed by atoms with Gasteiger partial charge in [0.05, 0.1) is 13.0 Å². The molecule has 0 bridgehead atoms. The van der Waals surface area contributed by atoms with Crippen molar-refractivity contribution >= 4 is 11.7 Å². The van der Waals surface area contributed by atoms with Crippen molar-refractivity contribution in [2.24, 2.45) is 10.9 Å². The third kappa shape index (κ3) is 2.68. The molecule has 1 saturated heterocycles. The number of ether oxygens (including phenoxy) is 2. The molecule has 1 N–H and O–H groups in total. The van der Waals surface area contributed by atoms with Gasteiger partial charge in [0.15, 0.2) is 0 Å². The smallest absolute Gasteiger partial charge is 0.310 e. The highest BCUT2D eigenvalue weighted by Crippen LogP contribution is 2.36. The summed E-state index contributed by atoms with van der Waals surface area (Å²) in [4.78, 5) is 16.6. The Morgan fingerprint density at radius 1 is 1.22 bits per heavy atom. The molecule has 1 unspecified atom stereocenters. The van der Waals surface area contributed by atoms with Gasteiger partial charge < -0.3 is 14.6 Å². The molecule has 5 heteroatoms. The van der Waals surface area contributed by atoms with E-state index in [2.05, 4.69) is 12.1 Å². The number of hydrogen-bond acceptors (Lipinski definition) is 5. The predicted molar refractivity (Wildman–Crippen MR) is 84.5 cm³/mol. The molecular formula is C18H21NO4. The Morgan fingerprint density at radius 2 is 2.04 bits per heavy atom. The molecule has 5 nitrogen and oxygen atoms in total. The molecule has 3 heterocycles. The van der Waals surface area contributed by atoms with Crippen LogP contribution in [0.25, 0.3) is 0 Å². The number of aliphatic imine (C=N–C) groups is 1. The Morgan fingerprint density at radius 3 is 2.83 bits per heavy atom. The molecule has 3 aliphatic rings. The lowest BCUT2D eigenvalue weighted by Gasteiger charge is -2.27. The van der Waals surface area contributed by atoms with E-state index in [4.69, 9.17) is 14.5 Å². The summed E-state index contributed by atoms with van der Waals surface area (Å²) >= 11 is 0. The lowest BCUT2D eigenvalue weighted by atomic mass is 9.85. The molecule has 1 atom stereocenters. The van der Waals surface area contributed by atoms with Gasteiger partial charge >= 0.3 is 5.97 Å². The number of carbonyl (C=O) groups is 1. The topological polar surface area (TPSA) is 68.1 Å². The third-order valence-corrected chi connectivity index (χ3v) is 5.02. The maximum absolute atomic E-state index is 11.8. The van der Waals surface area contributed by atoms with Crippen molar-refractivity contribution in [3.05, 3.63) is 34.4 Å². The minimum atomic E-state index is -0.335. The van der Waals surface area contributed by atoms with Gasteiger partial charge in [-0.2, -0.15) is 0 Å². The number of esters is 1. The average Bonchev–Trinajstić information content (AvgIpc) is 2.97. The van der Waals surface area contributed by atoms with Gasteiger partial charge in [-0.05, 0) is 35.6 Å². The summed E-state index contributed by atoms with van der Waals surface area (Å²) in [5.74, 6) is 0.255. The zero-order chi connectivity index (χ0) is 15.8. The molecule has 1 fully saturated rings. The first-order chi connectivity index (χ1) is 11.3. The fourth-order valence-electron chi connectivity index (χ4n) is 3.86. The SMILES string of the molecule is O=C1Cc2cc3c(cc2C(CCO)O1)C(C1CCOCC1)=NC3. The highest BCUT2D eigenvalue weighted by atomic mass is 16.5. The zero-order valence-corrected chi connectivity index (χ0v) is 13.1. The van der Waals surface area contributed by atoms with Crippen LogP contribution in [0.15, 0.2) is 17.1 Å². The molecule has 1 aromatic rings. The summed E-state index contributed by atoms with van der Waals surface area (Å²) in [6.45, 7) is 2.31. The van der Waals surface area contributed by atoms with Crippen LogP contribution in [0.5, 0.6) is 0 Å². The minimum Gasteiger partial charge on any atom is -0.457 e. The van der Waals surface area contributed by atoms with Gasteiger partial charge in [0, 0.05) is 43.4 Å². The van der Waals surface area contributed by atoms with Crippen molar-refractivity contribution in [1.29, 1.82) is 0 Å². The molecule has 122 valence electrons. The van der Waals surface area contributed by atoms with Gasteiger partial charge in [-0.1, -0.05) is 6.07 Å². The van der Waals surface area contributed by atoms with E-state index < -0.39 is 0 Å². The second-order valence-electron chi connectivity index (χ2n) is 6.46. The van der Waals surface area contributed by atoms with E-state index >= 15 is 0 Å². The zero-order valence-electron chi connectivity index (χ0n) is 13.1. The number of rotatable bonds is 3. The third-order valence-electron chi connectivity index (χ3n) is 5.02. The number of aliphatic hydroxyl groups is 1. The summed E-state index contributed by atoms with van der Waals surface area (Å²) in [7, 11) is 0. The molecular weight excluding hydrogens is 294 g/mol. The standard InChI is InChI=1S/C18H21NO4/c20-4-1-16-14-9-15-13(7-12(14)8-17(21)23-16)10-19-18(15)11-2-5-22-6-3-11/h7,9,11,16,20H,1-6,8,10H2. The number of aliphatic hydroxyl groups excluding tert-OH is 1. The number of cyclic esters (lactones) is 1. The normalized spacial score (nSPS) is 24.0. The van der Waals surface area contributed by atoms with Crippen molar-refractivity contribution in [3.8, 4) is 0 Å². The van der Waals surface area contributed by atoms with Crippen LogP contribution < -0.4 is 0 Å².